The number of hydrogen-bond acceptors (Lipinski definition) is 3. The Morgan fingerprint density at radius 3 is 2.65 bits per heavy atom. The van der Waals surface area contributed by atoms with Crippen LogP contribution in [-0.2, 0) is 0 Å². The molecule has 0 spiro atoms. The van der Waals surface area contributed by atoms with Crippen molar-refractivity contribution in [3.8, 4) is 0 Å². The normalized spacial score (nSPS) is 28.5. The molecule has 4 heteroatoms. The fraction of sp³-hybridized carbons (Fsp3) is 0.615. The predicted octanol–water partition coefficient (Wildman–Crippen LogP) is 3.43. The summed E-state index contributed by atoms with van der Waals surface area (Å²) in [5.74, 6) is 2.02. The molecule has 1 aromatic heterocycles. The van der Waals surface area contributed by atoms with E-state index in [1.165, 1.54) is 19.3 Å². The second-order valence-corrected chi connectivity index (χ2v) is 7.64. The van der Waals surface area contributed by atoms with Gasteiger partial charge in [0, 0.05) is 13.1 Å². The van der Waals surface area contributed by atoms with Crippen LogP contribution in [0.5, 0.6) is 0 Å². The molecule has 2 heterocycles. The molecule has 0 radical (unpaired) electrons. The molecular formula is C13H16BrNOS. The summed E-state index contributed by atoms with van der Waals surface area (Å²) < 4.78 is 1.04. The van der Waals surface area contributed by atoms with Gasteiger partial charge in [-0.2, -0.15) is 0 Å². The number of likely N-dealkylation sites (tertiary alicyclic amines) is 1. The molecule has 1 saturated heterocycles. The van der Waals surface area contributed by atoms with E-state index in [4.69, 9.17) is 0 Å². The number of carbonyl (C=O) groups excluding carboxylic acids is 1. The summed E-state index contributed by atoms with van der Waals surface area (Å²) in [6, 6.07) is 3.88. The van der Waals surface area contributed by atoms with Crippen LogP contribution in [0.25, 0.3) is 0 Å². The van der Waals surface area contributed by atoms with Crippen molar-refractivity contribution in [2.45, 2.75) is 19.3 Å². The smallest absolute Gasteiger partial charge is 0.186 e. The summed E-state index contributed by atoms with van der Waals surface area (Å²) in [6.07, 6.45) is 4.15. The number of Topliss-reactive ketones (excluding diaryl/α,β-unsaturated/α-hetero) is 1. The lowest BCUT2D eigenvalue weighted by molar-refractivity contribution is 0.0945. The summed E-state index contributed by atoms with van der Waals surface area (Å²) in [4.78, 5) is 15.3. The first kappa shape index (κ1) is 11.9. The van der Waals surface area contributed by atoms with Crippen LogP contribution in [0.1, 0.15) is 28.9 Å². The molecule has 17 heavy (non-hydrogen) atoms. The molecule has 0 bridgehead atoms. The molecular weight excluding hydrogens is 298 g/mol. The number of rotatable bonds is 3. The number of hydrogen-bond donors (Lipinski definition) is 0. The number of thiophene rings is 1. The lowest BCUT2D eigenvalue weighted by atomic mass is 10.0. The Bertz CT molecular complexity index is 419. The summed E-state index contributed by atoms with van der Waals surface area (Å²) in [7, 11) is 0. The number of ketones is 1. The van der Waals surface area contributed by atoms with Gasteiger partial charge in [-0.1, -0.05) is 6.42 Å². The van der Waals surface area contributed by atoms with Crippen molar-refractivity contribution in [1.29, 1.82) is 0 Å². The van der Waals surface area contributed by atoms with E-state index in [9.17, 15) is 4.79 Å². The van der Waals surface area contributed by atoms with Crippen molar-refractivity contribution in [2.75, 3.05) is 19.6 Å². The first-order chi connectivity index (χ1) is 8.22. The van der Waals surface area contributed by atoms with Crippen LogP contribution in [0, 0.1) is 11.8 Å². The van der Waals surface area contributed by atoms with Crippen molar-refractivity contribution in [3.05, 3.63) is 20.8 Å². The van der Waals surface area contributed by atoms with Crippen LogP contribution in [0.2, 0.25) is 0 Å². The van der Waals surface area contributed by atoms with Crippen LogP contribution >= 0.6 is 27.3 Å². The Hall–Kier alpha value is -0.190. The number of fused-ring (bicyclic) bond motifs is 1. The fourth-order valence-electron chi connectivity index (χ4n) is 3.21. The van der Waals surface area contributed by atoms with Gasteiger partial charge in [0.1, 0.15) is 0 Å². The minimum Gasteiger partial charge on any atom is -0.295 e. The van der Waals surface area contributed by atoms with E-state index in [-0.39, 0.29) is 5.78 Å². The van der Waals surface area contributed by atoms with E-state index in [1.807, 2.05) is 12.1 Å². The van der Waals surface area contributed by atoms with E-state index in [2.05, 4.69) is 20.8 Å². The fourth-order valence-corrected chi connectivity index (χ4v) is 4.52. The highest BCUT2D eigenvalue weighted by Gasteiger charge is 2.36. The van der Waals surface area contributed by atoms with Gasteiger partial charge in [-0.15, -0.1) is 11.3 Å². The van der Waals surface area contributed by atoms with E-state index in [1.54, 1.807) is 11.3 Å². The highest BCUT2D eigenvalue weighted by molar-refractivity contribution is 9.11. The van der Waals surface area contributed by atoms with Gasteiger partial charge in [0.25, 0.3) is 0 Å². The third kappa shape index (κ3) is 2.49. The van der Waals surface area contributed by atoms with Gasteiger partial charge in [-0.25, -0.2) is 0 Å². The van der Waals surface area contributed by atoms with Crippen LogP contribution in [0.4, 0.5) is 0 Å². The highest BCUT2D eigenvalue weighted by atomic mass is 79.9. The maximum Gasteiger partial charge on any atom is 0.186 e. The quantitative estimate of drug-likeness (QED) is 0.797. The van der Waals surface area contributed by atoms with Crippen LogP contribution in [0.3, 0.4) is 0 Å². The number of nitrogens with zero attached hydrogens (tertiary/aromatic N) is 1. The van der Waals surface area contributed by atoms with E-state index in [0.717, 1.165) is 33.6 Å². The minimum absolute atomic E-state index is 0.278. The van der Waals surface area contributed by atoms with Gasteiger partial charge in [-0.3, -0.25) is 9.69 Å². The molecule has 0 amide bonds. The first-order valence-electron chi connectivity index (χ1n) is 6.23. The molecule has 2 unspecified atom stereocenters. The topological polar surface area (TPSA) is 20.3 Å². The van der Waals surface area contributed by atoms with Gasteiger partial charge in [0.15, 0.2) is 5.78 Å². The molecule has 1 aliphatic carbocycles. The molecule has 3 rings (SSSR count). The average Bonchev–Trinajstić information content (AvgIpc) is 2.92. The van der Waals surface area contributed by atoms with Crippen LogP contribution < -0.4 is 0 Å². The van der Waals surface area contributed by atoms with Gasteiger partial charge in [0.2, 0.25) is 0 Å². The Kier molecular flexibility index (Phi) is 3.37. The third-order valence-electron chi connectivity index (χ3n) is 4.02. The predicted molar refractivity (Wildman–Crippen MR) is 73.6 cm³/mol. The molecule has 2 atom stereocenters. The summed E-state index contributed by atoms with van der Waals surface area (Å²) in [5.41, 5.74) is 0. The average molecular weight is 314 g/mol. The van der Waals surface area contributed by atoms with Crippen molar-refractivity contribution in [2.24, 2.45) is 11.8 Å². The molecule has 2 aliphatic rings. The highest BCUT2D eigenvalue weighted by Crippen LogP contribution is 2.37. The number of carbonyl (C=O) groups is 1. The SMILES string of the molecule is O=C(CN1CC2CCCC2C1)c1ccc(Br)s1. The molecule has 92 valence electrons. The zero-order chi connectivity index (χ0) is 11.8. The third-order valence-corrected chi connectivity index (χ3v) is 5.68. The molecule has 1 aromatic rings. The molecule has 0 aromatic carbocycles. The maximum absolute atomic E-state index is 12.1. The van der Waals surface area contributed by atoms with Gasteiger partial charge >= 0.3 is 0 Å². The molecule has 1 saturated carbocycles. The number of halogens is 1. The Labute approximate surface area is 114 Å². The summed E-state index contributed by atoms with van der Waals surface area (Å²) in [5, 5.41) is 0. The van der Waals surface area contributed by atoms with Crippen LogP contribution in [-0.4, -0.2) is 30.3 Å². The van der Waals surface area contributed by atoms with Crippen molar-refractivity contribution < 1.29 is 4.79 Å². The van der Waals surface area contributed by atoms with Gasteiger partial charge < -0.3 is 0 Å². The Balaban J connectivity index is 1.59. The zero-order valence-corrected chi connectivity index (χ0v) is 12.1. The largest absolute Gasteiger partial charge is 0.295 e. The zero-order valence-electron chi connectivity index (χ0n) is 9.69. The Morgan fingerprint density at radius 2 is 2.06 bits per heavy atom. The maximum atomic E-state index is 12.1. The lowest BCUT2D eigenvalue weighted by Gasteiger charge is -2.14. The van der Waals surface area contributed by atoms with E-state index < -0.39 is 0 Å². The second kappa shape index (κ2) is 4.82. The monoisotopic (exact) mass is 313 g/mol. The molecule has 0 N–H and O–H groups in total. The van der Waals surface area contributed by atoms with Crippen molar-refractivity contribution in [1.82, 2.24) is 4.90 Å². The van der Waals surface area contributed by atoms with E-state index in [0.29, 0.717) is 6.54 Å². The van der Waals surface area contributed by atoms with Crippen LogP contribution in [0.15, 0.2) is 15.9 Å². The van der Waals surface area contributed by atoms with Gasteiger partial charge in [0.05, 0.1) is 15.2 Å². The molecule has 2 nitrogen and oxygen atoms in total. The first-order valence-corrected chi connectivity index (χ1v) is 7.84. The Morgan fingerprint density at radius 1 is 1.35 bits per heavy atom. The summed E-state index contributed by atoms with van der Waals surface area (Å²) in [6.45, 7) is 2.89. The lowest BCUT2D eigenvalue weighted by Crippen LogP contribution is -2.28. The van der Waals surface area contributed by atoms with Crippen molar-refractivity contribution >= 4 is 33.0 Å². The standard InChI is InChI=1S/C13H16BrNOS/c14-13-5-4-12(17-13)11(16)8-15-6-9-2-1-3-10(9)7-15/h4-5,9-10H,1-3,6-8H2. The van der Waals surface area contributed by atoms with Gasteiger partial charge in [-0.05, 0) is 52.7 Å². The van der Waals surface area contributed by atoms with Crippen molar-refractivity contribution in [3.63, 3.8) is 0 Å². The minimum atomic E-state index is 0.278. The van der Waals surface area contributed by atoms with E-state index >= 15 is 0 Å². The summed E-state index contributed by atoms with van der Waals surface area (Å²) >= 11 is 4.95. The molecule has 1 aliphatic heterocycles. The molecule has 2 fully saturated rings. The second-order valence-electron chi connectivity index (χ2n) is 5.17.